The first-order chi connectivity index (χ1) is 12.0. The summed E-state index contributed by atoms with van der Waals surface area (Å²) in [5, 5.41) is 5.67. The first-order valence-corrected chi connectivity index (χ1v) is 10.8. The number of nitrogens with one attached hydrogen (secondary N) is 1. The van der Waals surface area contributed by atoms with E-state index in [4.69, 9.17) is 4.74 Å². The number of rotatable bonds is 7. The van der Waals surface area contributed by atoms with Crippen LogP contribution in [0.4, 0.5) is 4.39 Å². The SMILES string of the molecule is CCOc1ccc(S(=O)(=O)N[C@@H](c2ccsc2)c2cccs2)cc1F. The van der Waals surface area contributed by atoms with Gasteiger partial charge in [-0.15, -0.1) is 11.3 Å². The van der Waals surface area contributed by atoms with Crippen LogP contribution in [0.25, 0.3) is 0 Å². The molecular weight excluding hydrogens is 381 g/mol. The van der Waals surface area contributed by atoms with Crippen LogP contribution in [-0.2, 0) is 10.0 Å². The minimum atomic E-state index is -3.90. The second-order valence-corrected chi connectivity index (χ2v) is 8.62. The van der Waals surface area contributed by atoms with Gasteiger partial charge in [0.1, 0.15) is 0 Å². The van der Waals surface area contributed by atoms with Gasteiger partial charge in [0.2, 0.25) is 10.0 Å². The minimum absolute atomic E-state index is 0.0362. The van der Waals surface area contributed by atoms with Gasteiger partial charge >= 0.3 is 0 Å². The maximum Gasteiger partial charge on any atom is 0.241 e. The van der Waals surface area contributed by atoms with E-state index in [-0.39, 0.29) is 10.6 Å². The predicted molar refractivity (Wildman–Crippen MR) is 98.4 cm³/mol. The van der Waals surface area contributed by atoms with Crippen molar-refractivity contribution in [2.24, 2.45) is 0 Å². The molecule has 0 fully saturated rings. The quantitative estimate of drug-likeness (QED) is 0.642. The second kappa shape index (κ2) is 7.65. The molecule has 2 heterocycles. The van der Waals surface area contributed by atoms with Gasteiger partial charge in [-0.2, -0.15) is 16.1 Å². The Morgan fingerprint density at radius 3 is 2.68 bits per heavy atom. The molecule has 0 bridgehead atoms. The smallest absolute Gasteiger partial charge is 0.241 e. The lowest BCUT2D eigenvalue weighted by Gasteiger charge is -2.17. The predicted octanol–water partition coefficient (Wildman–Crippen LogP) is 4.42. The summed E-state index contributed by atoms with van der Waals surface area (Å²) in [5.41, 5.74) is 0.849. The summed E-state index contributed by atoms with van der Waals surface area (Å²) in [5.74, 6) is -0.665. The van der Waals surface area contributed by atoms with E-state index in [1.165, 1.54) is 34.8 Å². The molecule has 2 aromatic heterocycles. The zero-order valence-corrected chi connectivity index (χ0v) is 15.8. The molecule has 1 N–H and O–H groups in total. The van der Waals surface area contributed by atoms with Crippen molar-refractivity contribution in [2.45, 2.75) is 17.9 Å². The van der Waals surface area contributed by atoms with Crippen LogP contribution in [0.5, 0.6) is 5.75 Å². The zero-order valence-electron chi connectivity index (χ0n) is 13.3. The number of ether oxygens (including phenoxy) is 1. The lowest BCUT2D eigenvalue weighted by atomic mass is 10.1. The van der Waals surface area contributed by atoms with Crippen LogP contribution >= 0.6 is 22.7 Å². The lowest BCUT2D eigenvalue weighted by Crippen LogP contribution is -2.28. The number of halogens is 1. The van der Waals surface area contributed by atoms with Crippen LogP contribution in [0.1, 0.15) is 23.4 Å². The summed E-state index contributed by atoms with van der Waals surface area (Å²) in [4.78, 5) is 0.735. The third-order valence-corrected chi connectivity index (χ3v) is 6.55. The summed E-state index contributed by atoms with van der Waals surface area (Å²) in [6.45, 7) is 2.04. The van der Waals surface area contributed by atoms with Gasteiger partial charge in [0.25, 0.3) is 0 Å². The van der Waals surface area contributed by atoms with Gasteiger partial charge in [0.15, 0.2) is 11.6 Å². The first kappa shape index (κ1) is 18.1. The van der Waals surface area contributed by atoms with Crippen molar-refractivity contribution >= 4 is 32.7 Å². The molecule has 0 spiro atoms. The van der Waals surface area contributed by atoms with Crippen LogP contribution in [-0.4, -0.2) is 15.0 Å². The van der Waals surface area contributed by atoms with E-state index in [1.54, 1.807) is 6.92 Å². The average Bonchev–Trinajstić information content (AvgIpc) is 3.28. The fraction of sp³-hybridized carbons (Fsp3) is 0.176. The highest BCUT2D eigenvalue weighted by Gasteiger charge is 2.25. The van der Waals surface area contributed by atoms with Gasteiger partial charge in [-0.1, -0.05) is 6.07 Å². The Balaban J connectivity index is 1.92. The fourth-order valence-electron chi connectivity index (χ4n) is 2.33. The van der Waals surface area contributed by atoms with E-state index < -0.39 is 21.9 Å². The summed E-state index contributed by atoms with van der Waals surface area (Å²) < 4.78 is 47.3. The molecule has 0 aliphatic rings. The molecule has 0 aliphatic carbocycles. The standard InChI is InChI=1S/C17H16FNO3S3/c1-2-22-15-6-5-13(10-14(15)18)25(20,21)19-17(12-7-9-23-11-12)16-4-3-8-24-16/h3-11,17,19H,2H2,1H3/t17-/m0/s1. The third-order valence-electron chi connectivity index (χ3n) is 3.49. The monoisotopic (exact) mass is 397 g/mol. The summed E-state index contributed by atoms with van der Waals surface area (Å²) in [7, 11) is -3.90. The van der Waals surface area contributed by atoms with Crippen molar-refractivity contribution in [3.05, 3.63) is 68.8 Å². The fourth-order valence-corrected chi connectivity index (χ4v) is 5.11. The normalized spacial score (nSPS) is 12.9. The van der Waals surface area contributed by atoms with Crippen molar-refractivity contribution in [3.8, 4) is 5.75 Å². The zero-order chi connectivity index (χ0) is 17.9. The molecule has 3 aromatic rings. The Labute approximate surface area is 154 Å². The van der Waals surface area contributed by atoms with Crippen molar-refractivity contribution in [1.82, 2.24) is 4.72 Å². The molecule has 3 rings (SSSR count). The number of hydrogen-bond acceptors (Lipinski definition) is 5. The van der Waals surface area contributed by atoms with Gasteiger partial charge in [-0.25, -0.2) is 12.8 Å². The summed E-state index contributed by atoms with van der Waals surface area (Å²) >= 11 is 2.95. The van der Waals surface area contributed by atoms with Crippen LogP contribution in [0.15, 0.2) is 57.4 Å². The Morgan fingerprint density at radius 2 is 2.08 bits per heavy atom. The molecule has 4 nitrogen and oxygen atoms in total. The Bertz CT molecular complexity index is 888. The maximum atomic E-state index is 14.0. The third kappa shape index (κ3) is 4.09. The minimum Gasteiger partial charge on any atom is -0.491 e. The molecule has 1 aromatic carbocycles. The van der Waals surface area contributed by atoms with Gasteiger partial charge in [-0.3, -0.25) is 0 Å². The molecular formula is C17H16FNO3S3. The van der Waals surface area contributed by atoms with Gasteiger partial charge < -0.3 is 4.74 Å². The van der Waals surface area contributed by atoms with Gasteiger partial charge in [0.05, 0.1) is 17.5 Å². The number of thiophene rings is 2. The molecule has 0 aliphatic heterocycles. The Kier molecular flexibility index (Phi) is 5.53. The summed E-state index contributed by atoms with van der Waals surface area (Å²) in [6, 6.07) is 8.75. The second-order valence-electron chi connectivity index (χ2n) is 5.15. The molecule has 8 heteroatoms. The molecule has 0 amide bonds. The van der Waals surface area contributed by atoms with Crippen molar-refractivity contribution in [2.75, 3.05) is 6.61 Å². The van der Waals surface area contributed by atoms with E-state index in [0.29, 0.717) is 6.61 Å². The van der Waals surface area contributed by atoms with Gasteiger partial charge in [-0.05, 0) is 59.0 Å². The summed E-state index contributed by atoms with van der Waals surface area (Å²) in [6.07, 6.45) is 0. The molecule has 132 valence electrons. The van der Waals surface area contributed by atoms with E-state index in [9.17, 15) is 12.8 Å². The van der Waals surface area contributed by atoms with Gasteiger partial charge in [0, 0.05) is 4.88 Å². The number of benzene rings is 1. The molecule has 0 saturated carbocycles. The molecule has 0 unspecified atom stereocenters. The molecule has 1 atom stereocenters. The highest BCUT2D eigenvalue weighted by Crippen LogP contribution is 2.30. The van der Waals surface area contributed by atoms with E-state index in [1.807, 2.05) is 34.3 Å². The van der Waals surface area contributed by atoms with E-state index in [2.05, 4.69) is 4.72 Å². The maximum absolute atomic E-state index is 14.0. The van der Waals surface area contributed by atoms with Crippen LogP contribution in [0.3, 0.4) is 0 Å². The van der Waals surface area contributed by atoms with Crippen LogP contribution in [0.2, 0.25) is 0 Å². The topological polar surface area (TPSA) is 55.4 Å². The Hall–Kier alpha value is -1.74. The van der Waals surface area contributed by atoms with E-state index >= 15 is 0 Å². The van der Waals surface area contributed by atoms with Crippen molar-refractivity contribution < 1.29 is 17.5 Å². The Morgan fingerprint density at radius 1 is 1.24 bits per heavy atom. The molecule has 25 heavy (non-hydrogen) atoms. The van der Waals surface area contributed by atoms with Crippen molar-refractivity contribution in [1.29, 1.82) is 0 Å². The highest BCUT2D eigenvalue weighted by molar-refractivity contribution is 7.89. The molecule has 0 radical (unpaired) electrons. The largest absolute Gasteiger partial charge is 0.491 e. The van der Waals surface area contributed by atoms with Crippen LogP contribution < -0.4 is 9.46 Å². The molecule has 0 saturated heterocycles. The number of sulfonamides is 1. The van der Waals surface area contributed by atoms with E-state index in [0.717, 1.165) is 16.5 Å². The number of hydrogen-bond donors (Lipinski definition) is 1. The average molecular weight is 398 g/mol. The first-order valence-electron chi connectivity index (χ1n) is 7.51. The lowest BCUT2D eigenvalue weighted by molar-refractivity contribution is 0.321. The van der Waals surface area contributed by atoms with Crippen molar-refractivity contribution in [3.63, 3.8) is 0 Å². The highest BCUT2D eigenvalue weighted by atomic mass is 32.2. The van der Waals surface area contributed by atoms with Crippen LogP contribution in [0, 0.1) is 5.82 Å².